The van der Waals surface area contributed by atoms with Crippen LogP contribution in [0.1, 0.15) is 61.4 Å². The van der Waals surface area contributed by atoms with Crippen molar-refractivity contribution in [1.29, 1.82) is 0 Å². The van der Waals surface area contributed by atoms with E-state index < -0.39 is 0 Å². The molecule has 0 amide bonds. The largest absolute Gasteiger partial charge is 0.315 e. The third-order valence-corrected chi connectivity index (χ3v) is 4.68. The van der Waals surface area contributed by atoms with Crippen molar-refractivity contribution in [1.82, 2.24) is 10.2 Å². The molecule has 0 bridgehead atoms. The lowest BCUT2D eigenvalue weighted by atomic mass is 10.0. The predicted octanol–water partition coefficient (Wildman–Crippen LogP) is 3.68. The van der Waals surface area contributed by atoms with Gasteiger partial charge in [-0.05, 0) is 37.9 Å². The summed E-state index contributed by atoms with van der Waals surface area (Å²) in [4.78, 5) is 14.7. The summed E-state index contributed by atoms with van der Waals surface area (Å²) in [6.07, 6.45) is 8.11. The zero-order valence-electron chi connectivity index (χ0n) is 14.7. The van der Waals surface area contributed by atoms with Gasteiger partial charge in [0, 0.05) is 31.6 Å². The van der Waals surface area contributed by atoms with Crippen LogP contribution in [0, 0.1) is 0 Å². The summed E-state index contributed by atoms with van der Waals surface area (Å²) in [5, 5.41) is 3.40. The average molecular weight is 316 g/mol. The number of rotatable bonds is 9. The van der Waals surface area contributed by atoms with E-state index in [-0.39, 0.29) is 5.78 Å². The Kier molecular flexibility index (Phi) is 8.33. The van der Waals surface area contributed by atoms with Gasteiger partial charge in [-0.1, -0.05) is 50.5 Å². The third kappa shape index (κ3) is 6.84. The summed E-state index contributed by atoms with van der Waals surface area (Å²) >= 11 is 0. The second-order valence-electron chi connectivity index (χ2n) is 6.63. The number of nitrogens with zero attached hydrogens (tertiary/aromatic N) is 1. The number of hydrogen-bond acceptors (Lipinski definition) is 3. The van der Waals surface area contributed by atoms with E-state index in [2.05, 4.69) is 29.3 Å². The molecule has 1 heterocycles. The molecule has 1 aliphatic rings. The number of aryl methyl sites for hydroxylation is 1. The van der Waals surface area contributed by atoms with E-state index in [1.54, 1.807) is 0 Å². The van der Waals surface area contributed by atoms with E-state index in [9.17, 15) is 4.79 Å². The van der Waals surface area contributed by atoms with Gasteiger partial charge in [0.05, 0.1) is 0 Å². The van der Waals surface area contributed by atoms with Crippen molar-refractivity contribution in [2.75, 3.05) is 32.7 Å². The Labute approximate surface area is 141 Å². The molecule has 0 radical (unpaired) electrons. The number of benzene rings is 1. The van der Waals surface area contributed by atoms with Crippen LogP contribution in [0.25, 0.3) is 0 Å². The highest BCUT2D eigenvalue weighted by molar-refractivity contribution is 5.96. The Bertz CT molecular complexity index is 447. The maximum absolute atomic E-state index is 12.3. The molecule has 0 aromatic heterocycles. The molecule has 1 N–H and O–H groups in total. The molecule has 2 rings (SSSR count). The SMILES string of the molecule is CCCCCCc1ccc(C(=O)CCN2CCCNCC2)cc1. The number of carbonyl (C=O) groups is 1. The Balaban J connectivity index is 1.73. The molecular weight excluding hydrogens is 284 g/mol. The smallest absolute Gasteiger partial charge is 0.164 e. The first-order valence-corrected chi connectivity index (χ1v) is 9.35. The van der Waals surface area contributed by atoms with Gasteiger partial charge in [-0.2, -0.15) is 0 Å². The number of carbonyl (C=O) groups excluding carboxylic acids is 1. The molecule has 0 aliphatic carbocycles. The number of nitrogens with one attached hydrogen (secondary N) is 1. The molecule has 1 aromatic rings. The van der Waals surface area contributed by atoms with Gasteiger partial charge in [0.15, 0.2) is 5.78 Å². The summed E-state index contributed by atoms with van der Waals surface area (Å²) in [5.74, 6) is 0.278. The van der Waals surface area contributed by atoms with Crippen LogP contribution in [0.5, 0.6) is 0 Å². The second kappa shape index (κ2) is 10.6. The molecular formula is C20H32N2O. The van der Waals surface area contributed by atoms with Gasteiger partial charge in [-0.15, -0.1) is 0 Å². The lowest BCUT2D eigenvalue weighted by Gasteiger charge is -2.18. The first-order chi connectivity index (χ1) is 11.3. The minimum atomic E-state index is 0.278. The summed E-state index contributed by atoms with van der Waals surface area (Å²) in [6.45, 7) is 7.44. The van der Waals surface area contributed by atoms with Crippen molar-refractivity contribution in [3.05, 3.63) is 35.4 Å². The fourth-order valence-corrected chi connectivity index (χ4v) is 3.14. The predicted molar refractivity (Wildman–Crippen MR) is 97.2 cm³/mol. The van der Waals surface area contributed by atoms with Gasteiger partial charge >= 0.3 is 0 Å². The molecule has 1 aliphatic heterocycles. The van der Waals surface area contributed by atoms with Crippen molar-refractivity contribution < 1.29 is 4.79 Å². The molecule has 23 heavy (non-hydrogen) atoms. The first-order valence-electron chi connectivity index (χ1n) is 9.35. The molecule has 1 saturated heterocycles. The second-order valence-corrected chi connectivity index (χ2v) is 6.63. The van der Waals surface area contributed by atoms with Crippen molar-refractivity contribution in [3.63, 3.8) is 0 Å². The van der Waals surface area contributed by atoms with Crippen LogP contribution in [-0.4, -0.2) is 43.4 Å². The standard InChI is InChI=1S/C20H32N2O/c1-2-3-4-5-7-18-8-10-19(11-9-18)20(23)12-16-22-15-6-13-21-14-17-22/h8-11,21H,2-7,12-17H2,1H3. The number of unbranched alkanes of at least 4 members (excludes halogenated alkanes) is 3. The first kappa shape index (κ1) is 18.2. The highest BCUT2D eigenvalue weighted by Gasteiger charge is 2.11. The molecule has 0 spiro atoms. The minimum absolute atomic E-state index is 0.278. The number of Topliss-reactive ketones (excluding diaryl/α,β-unsaturated/α-hetero) is 1. The topological polar surface area (TPSA) is 32.3 Å². The molecule has 1 aromatic carbocycles. The van der Waals surface area contributed by atoms with Crippen LogP contribution >= 0.6 is 0 Å². The maximum Gasteiger partial charge on any atom is 0.164 e. The van der Waals surface area contributed by atoms with Crippen molar-refractivity contribution >= 4 is 5.78 Å². The lowest BCUT2D eigenvalue weighted by Crippen LogP contribution is -2.30. The Morgan fingerprint density at radius 2 is 1.91 bits per heavy atom. The van der Waals surface area contributed by atoms with Crippen molar-refractivity contribution in [3.8, 4) is 0 Å². The van der Waals surface area contributed by atoms with Gasteiger partial charge in [0.1, 0.15) is 0 Å². The van der Waals surface area contributed by atoms with Crippen molar-refractivity contribution in [2.24, 2.45) is 0 Å². The van der Waals surface area contributed by atoms with Crippen LogP contribution in [0.2, 0.25) is 0 Å². The maximum atomic E-state index is 12.3. The van der Waals surface area contributed by atoms with Crippen LogP contribution < -0.4 is 5.32 Å². The molecule has 0 atom stereocenters. The van der Waals surface area contributed by atoms with Gasteiger partial charge in [-0.3, -0.25) is 4.79 Å². The van der Waals surface area contributed by atoms with Crippen LogP contribution in [-0.2, 0) is 6.42 Å². The molecule has 128 valence electrons. The quantitative estimate of drug-likeness (QED) is 0.557. The molecule has 3 heteroatoms. The monoisotopic (exact) mass is 316 g/mol. The summed E-state index contributed by atoms with van der Waals surface area (Å²) in [6, 6.07) is 8.30. The molecule has 0 saturated carbocycles. The van der Waals surface area contributed by atoms with Gasteiger partial charge in [0.25, 0.3) is 0 Å². The highest BCUT2D eigenvalue weighted by atomic mass is 16.1. The van der Waals surface area contributed by atoms with Crippen LogP contribution in [0.3, 0.4) is 0 Å². The van der Waals surface area contributed by atoms with Gasteiger partial charge in [0.2, 0.25) is 0 Å². The molecule has 1 fully saturated rings. The van der Waals surface area contributed by atoms with E-state index in [0.29, 0.717) is 6.42 Å². The molecule has 3 nitrogen and oxygen atoms in total. The zero-order chi connectivity index (χ0) is 16.3. The normalized spacial score (nSPS) is 16.2. The number of hydrogen-bond donors (Lipinski definition) is 1. The average Bonchev–Trinajstić information content (AvgIpc) is 2.86. The van der Waals surface area contributed by atoms with E-state index in [1.807, 2.05) is 12.1 Å². The minimum Gasteiger partial charge on any atom is -0.315 e. The Hall–Kier alpha value is -1.19. The van der Waals surface area contributed by atoms with E-state index >= 15 is 0 Å². The summed E-state index contributed by atoms with van der Waals surface area (Å²) in [5.41, 5.74) is 2.23. The fraction of sp³-hybridized carbons (Fsp3) is 0.650. The van der Waals surface area contributed by atoms with Crippen molar-refractivity contribution in [2.45, 2.75) is 51.9 Å². The van der Waals surface area contributed by atoms with E-state index in [1.165, 1.54) is 37.7 Å². The summed E-state index contributed by atoms with van der Waals surface area (Å²) < 4.78 is 0. The molecule has 0 unspecified atom stereocenters. The van der Waals surface area contributed by atoms with Crippen LogP contribution in [0.15, 0.2) is 24.3 Å². The Morgan fingerprint density at radius 3 is 2.70 bits per heavy atom. The summed E-state index contributed by atoms with van der Waals surface area (Å²) in [7, 11) is 0. The van der Waals surface area contributed by atoms with Crippen LogP contribution in [0.4, 0.5) is 0 Å². The van der Waals surface area contributed by atoms with E-state index in [4.69, 9.17) is 0 Å². The fourth-order valence-electron chi connectivity index (χ4n) is 3.14. The van der Waals surface area contributed by atoms with Gasteiger partial charge < -0.3 is 10.2 Å². The lowest BCUT2D eigenvalue weighted by molar-refractivity contribution is 0.0965. The number of ketones is 1. The van der Waals surface area contributed by atoms with E-state index in [0.717, 1.165) is 44.7 Å². The van der Waals surface area contributed by atoms with Gasteiger partial charge in [-0.25, -0.2) is 0 Å². The highest BCUT2D eigenvalue weighted by Crippen LogP contribution is 2.11. The third-order valence-electron chi connectivity index (χ3n) is 4.68. The Morgan fingerprint density at radius 1 is 1.09 bits per heavy atom. The zero-order valence-corrected chi connectivity index (χ0v) is 14.7.